The van der Waals surface area contributed by atoms with Gasteiger partial charge >= 0.3 is 0 Å². The molecule has 21 heavy (non-hydrogen) atoms. The first kappa shape index (κ1) is 14.6. The summed E-state index contributed by atoms with van der Waals surface area (Å²) in [6.45, 7) is 0.296. The molecule has 0 heterocycles. The molecule has 3 nitrogen and oxygen atoms in total. The lowest BCUT2D eigenvalue weighted by Gasteiger charge is -2.26. The quantitative estimate of drug-likeness (QED) is 0.836. The molecule has 2 aliphatic rings. The highest BCUT2D eigenvalue weighted by Crippen LogP contribution is 2.37. The van der Waals surface area contributed by atoms with Gasteiger partial charge in [-0.1, -0.05) is 25.3 Å². The fourth-order valence-corrected chi connectivity index (χ4v) is 3.95. The van der Waals surface area contributed by atoms with Crippen molar-refractivity contribution in [3.8, 4) is 5.75 Å². The number of hydrogen-bond acceptors (Lipinski definition) is 3. The largest absolute Gasteiger partial charge is 0.507 e. The Morgan fingerprint density at radius 1 is 1.14 bits per heavy atom. The maximum atomic E-state index is 13.0. The van der Waals surface area contributed by atoms with Crippen LogP contribution < -0.4 is 5.73 Å². The molecule has 114 valence electrons. The molecule has 3 N–H and O–H groups in total. The van der Waals surface area contributed by atoms with E-state index < -0.39 is 0 Å². The van der Waals surface area contributed by atoms with Gasteiger partial charge in [0.25, 0.3) is 0 Å². The van der Waals surface area contributed by atoms with Crippen molar-refractivity contribution < 1.29 is 9.90 Å². The molecular formula is C18H25NO2. The third-order valence-corrected chi connectivity index (χ3v) is 5.14. The van der Waals surface area contributed by atoms with Crippen LogP contribution in [0.25, 0.3) is 0 Å². The molecule has 3 heteroatoms. The average Bonchev–Trinajstić information content (AvgIpc) is 2.54. The molecule has 0 aliphatic heterocycles. The van der Waals surface area contributed by atoms with Gasteiger partial charge in [0, 0.05) is 18.0 Å². The number of carbonyl (C=O) groups excluding carboxylic acids is 1. The molecule has 1 saturated carbocycles. The van der Waals surface area contributed by atoms with Crippen molar-refractivity contribution in [3.05, 3.63) is 28.3 Å². The minimum atomic E-state index is 0.101. The number of aryl methyl sites for hydroxylation is 1. The third-order valence-electron chi connectivity index (χ3n) is 5.14. The Kier molecular flexibility index (Phi) is 4.29. The highest BCUT2D eigenvalue weighted by Gasteiger charge is 2.29. The van der Waals surface area contributed by atoms with Crippen LogP contribution in [0.15, 0.2) is 6.07 Å². The first-order valence-electron chi connectivity index (χ1n) is 8.33. The third kappa shape index (κ3) is 2.71. The van der Waals surface area contributed by atoms with E-state index in [1.807, 2.05) is 6.07 Å². The van der Waals surface area contributed by atoms with Crippen LogP contribution in [0, 0.1) is 5.92 Å². The number of hydrogen-bond donors (Lipinski definition) is 2. The monoisotopic (exact) mass is 287 g/mol. The summed E-state index contributed by atoms with van der Waals surface area (Å²) in [5.74, 6) is 0.429. The van der Waals surface area contributed by atoms with Crippen LogP contribution in [0.3, 0.4) is 0 Å². The van der Waals surface area contributed by atoms with E-state index in [-0.39, 0.29) is 17.5 Å². The van der Waals surface area contributed by atoms with E-state index in [9.17, 15) is 9.90 Å². The van der Waals surface area contributed by atoms with E-state index in [1.54, 1.807) is 0 Å². The SMILES string of the molecule is NCc1cc2c(c(C(=O)C3CCCCC3)c1O)CCCC2. The summed E-state index contributed by atoms with van der Waals surface area (Å²) in [6, 6.07) is 2.02. The number of rotatable bonds is 3. The van der Waals surface area contributed by atoms with Crippen LogP contribution in [0.4, 0.5) is 0 Å². The van der Waals surface area contributed by atoms with E-state index in [1.165, 1.54) is 18.4 Å². The number of benzene rings is 1. The number of Topliss-reactive ketones (excluding diaryl/α,β-unsaturated/α-hetero) is 1. The van der Waals surface area contributed by atoms with Gasteiger partial charge in [-0.05, 0) is 49.7 Å². The summed E-state index contributed by atoms with van der Waals surface area (Å²) in [5.41, 5.74) is 9.44. The summed E-state index contributed by atoms with van der Waals surface area (Å²) in [6.07, 6.45) is 9.65. The Morgan fingerprint density at radius 2 is 1.86 bits per heavy atom. The van der Waals surface area contributed by atoms with E-state index in [0.717, 1.165) is 56.1 Å². The zero-order valence-electron chi connectivity index (χ0n) is 12.7. The molecule has 2 aliphatic carbocycles. The molecule has 0 amide bonds. The number of ketones is 1. The lowest BCUT2D eigenvalue weighted by atomic mass is 9.78. The minimum absolute atomic E-state index is 0.101. The van der Waals surface area contributed by atoms with Gasteiger partial charge in [0.15, 0.2) is 5.78 Å². The molecule has 1 fully saturated rings. The number of fused-ring (bicyclic) bond motifs is 1. The van der Waals surface area contributed by atoms with Gasteiger partial charge in [-0.15, -0.1) is 0 Å². The second-order valence-electron chi connectivity index (χ2n) is 6.51. The van der Waals surface area contributed by atoms with Gasteiger partial charge in [0.2, 0.25) is 0 Å². The average molecular weight is 287 g/mol. The van der Waals surface area contributed by atoms with Gasteiger partial charge in [-0.3, -0.25) is 4.79 Å². The smallest absolute Gasteiger partial charge is 0.169 e. The normalized spacial score (nSPS) is 19.3. The number of aromatic hydroxyl groups is 1. The van der Waals surface area contributed by atoms with Crippen LogP contribution in [-0.2, 0) is 19.4 Å². The Labute approximate surface area is 126 Å². The fourth-order valence-electron chi connectivity index (χ4n) is 3.95. The van der Waals surface area contributed by atoms with E-state index in [4.69, 9.17) is 5.73 Å². The lowest BCUT2D eigenvalue weighted by Crippen LogP contribution is -2.22. The molecule has 3 rings (SSSR count). The van der Waals surface area contributed by atoms with Gasteiger partial charge in [-0.2, -0.15) is 0 Å². The van der Waals surface area contributed by atoms with Gasteiger partial charge in [-0.25, -0.2) is 0 Å². The molecule has 0 bridgehead atoms. The van der Waals surface area contributed by atoms with E-state index in [2.05, 4.69) is 0 Å². The Balaban J connectivity index is 2.04. The first-order chi connectivity index (χ1) is 10.2. The number of carbonyl (C=O) groups is 1. The zero-order valence-corrected chi connectivity index (χ0v) is 12.7. The molecule has 0 unspecified atom stereocenters. The minimum Gasteiger partial charge on any atom is -0.507 e. The maximum Gasteiger partial charge on any atom is 0.169 e. The van der Waals surface area contributed by atoms with Crippen molar-refractivity contribution in [2.24, 2.45) is 11.7 Å². The van der Waals surface area contributed by atoms with Crippen molar-refractivity contribution in [2.75, 3.05) is 0 Å². The summed E-state index contributed by atoms with van der Waals surface area (Å²) >= 11 is 0. The summed E-state index contributed by atoms with van der Waals surface area (Å²) in [4.78, 5) is 13.0. The van der Waals surface area contributed by atoms with Crippen molar-refractivity contribution in [1.29, 1.82) is 0 Å². The summed E-state index contributed by atoms with van der Waals surface area (Å²) < 4.78 is 0. The van der Waals surface area contributed by atoms with Crippen molar-refractivity contribution in [3.63, 3.8) is 0 Å². The molecule has 0 radical (unpaired) electrons. The van der Waals surface area contributed by atoms with Crippen LogP contribution >= 0.6 is 0 Å². The fraction of sp³-hybridized carbons (Fsp3) is 0.611. The topological polar surface area (TPSA) is 63.3 Å². The molecule has 0 spiro atoms. The Morgan fingerprint density at radius 3 is 2.57 bits per heavy atom. The predicted molar refractivity (Wildman–Crippen MR) is 83.5 cm³/mol. The first-order valence-corrected chi connectivity index (χ1v) is 8.33. The number of phenols is 1. The number of phenolic OH excluding ortho intramolecular Hbond substituents is 1. The highest BCUT2D eigenvalue weighted by atomic mass is 16.3. The maximum absolute atomic E-state index is 13.0. The predicted octanol–water partition coefficient (Wildman–Crippen LogP) is 3.49. The van der Waals surface area contributed by atoms with Gasteiger partial charge in [0.1, 0.15) is 5.75 Å². The van der Waals surface area contributed by atoms with E-state index in [0.29, 0.717) is 12.1 Å². The van der Waals surface area contributed by atoms with Crippen molar-refractivity contribution in [2.45, 2.75) is 64.3 Å². The summed E-state index contributed by atoms with van der Waals surface area (Å²) in [5, 5.41) is 10.5. The molecule has 0 atom stereocenters. The van der Waals surface area contributed by atoms with Crippen LogP contribution in [-0.4, -0.2) is 10.9 Å². The molecule has 0 aromatic heterocycles. The van der Waals surface area contributed by atoms with Gasteiger partial charge in [0.05, 0.1) is 5.56 Å². The highest BCUT2D eigenvalue weighted by molar-refractivity contribution is 6.02. The van der Waals surface area contributed by atoms with Crippen molar-refractivity contribution >= 4 is 5.78 Å². The summed E-state index contributed by atoms with van der Waals surface area (Å²) in [7, 11) is 0. The second kappa shape index (κ2) is 6.18. The van der Waals surface area contributed by atoms with Gasteiger partial charge < -0.3 is 10.8 Å². The van der Waals surface area contributed by atoms with Crippen LogP contribution in [0.5, 0.6) is 5.75 Å². The van der Waals surface area contributed by atoms with Crippen LogP contribution in [0.1, 0.15) is 72.0 Å². The molecule has 0 saturated heterocycles. The molecular weight excluding hydrogens is 262 g/mol. The molecule has 1 aromatic carbocycles. The van der Waals surface area contributed by atoms with E-state index >= 15 is 0 Å². The lowest BCUT2D eigenvalue weighted by molar-refractivity contribution is 0.0885. The molecule has 1 aromatic rings. The zero-order chi connectivity index (χ0) is 14.8. The second-order valence-corrected chi connectivity index (χ2v) is 6.51. The Bertz CT molecular complexity index is 545. The standard InChI is InChI=1S/C18H25NO2/c19-11-14-10-13-8-4-5-9-15(13)16(18(14)21)17(20)12-6-2-1-3-7-12/h10,12,21H,1-9,11,19H2. The van der Waals surface area contributed by atoms with Crippen molar-refractivity contribution in [1.82, 2.24) is 0 Å². The number of nitrogens with two attached hydrogens (primary N) is 1. The Hall–Kier alpha value is -1.35. The van der Waals surface area contributed by atoms with Crippen LogP contribution in [0.2, 0.25) is 0 Å².